The van der Waals surface area contributed by atoms with E-state index >= 15 is 0 Å². The van der Waals surface area contributed by atoms with E-state index in [4.69, 9.17) is 32.0 Å². The van der Waals surface area contributed by atoms with Gasteiger partial charge in [-0.05, 0) is 24.6 Å². The molecular weight excluding hydrogens is 256 g/mol. The predicted molar refractivity (Wildman–Crippen MR) is 68.4 cm³/mol. The van der Waals surface area contributed by atoms with Gasteiger partial charge in [0.15, 0.2) is 5.84 Å². The fourth-order valence-corrected chi connectivity index (χ4v) is 1.97. The summed E-state index contributed by atoms with van der Waals surface area (Å²) in [4.78, 5) is 0. The molecule has 2 rings (SSSR count). The van der Waals surface area contributed by atoms with Gasteiger partial charge in [0.2, 0.25) is 0 Å². The first kappa shape index (κ1) is 13.0. The van der Waals surface area contributed by atoms with Crippen LogP contribution in [-0.2, 0) is 4.74 Å². The van der Waals surface area contributed by atoms with Crippen molar-refractivity contribution in [2.45, 2.75) is 6.42 Å². The summed E-state index contributed by atoms with van der Waals surface area (Å²) in [5.74, 6) is 0.901. The van der Waals surface area contributed by atoms with Crippen LogP contribution in [0.15, 0.2) is 23.4 Å². The number of hydrogen-bond acceptors (Lipinski definition) is 4. The van der Waals surface area contributed by atoms with Crippen LogP contribution in [0.2, 0.25) is 5.02 Å². The Hall–Kier alpha value is -1.46. The topological polar surface area (TPSA) is 77.1 Å². The monoisotopic (exact) mass is 270 g/mol. The van der Waals surface area contributed by atoms with Crippen LogP contribution in [0.4, 0.5) is 0 Å². The molecule has 1 aromatic rings. The van der Waals surface area contributed by atoms with Crippen LogP contribution in [0, 0.1) is 5.92 Å². The number of oxime groups is 1. The molecule has 0 bridgehead atoms. The molecule has 6 heteroatoms. The maximum atomic E-state index is 8.72. The Kier molecular flexibility index (Phi) is 4.28. The van der Waals surface area contributed by atoms with Crippen LogP contribution >= 0.6 is 11.6 Å². The van der Waals surface area contributed by atoms with E-state index in [1.54, 1.807) is 18.2 Å². The van der Waals surface area contributed by atoms with Gasteiger partial charge in [0.1, 0.15) is 5.75 Å². The van der Waals surface area contributed by atoms with Crippen molar-refractivity contribution >= 4 is 17.4 Å². The highest BCUT2D eigenvalue weighted by atomic mass is 35.5. The molecule has 0 aliphatic carbocycles. The standard InChI is InChI=1S/C12H15ClN2O3/c13-9-1-2-10(12(14)15-16)11(5-9)18-7-8-3-4-17-6-8/h1-2,5,8,16H,3-4,6-7H2,(H2,14,15). The quantitative estimate of drug-likeness (QED) is 0.379. The predicted octanol–water partition coefficient (Wildman–Crippen LogP) is 1.85. The van der Waals surface area contributed by atoms with E-state index in [9.17, 15) is 0 Å². The van der Waals surface area contributed by atoms with Crippen LogP contribution in [0.1, 0.15) is 12.0 Å². The number of halogens is 1. The average Bonchev–Trinajstić information content (AvgIpc) is 2.88. The van der Waals surface area contributed by atoms with Crippen LogP contribution < -0.4 is 10.5 Å². The third kappa shape index (κ3) is 3.05. The summed E-state index contributed by atoms with van der Waals surface area (Å²) >= 11 is 5.91. The molecule has 1 aliphatic heterocycles. The van der Waals surface area contributed by atoms with Gasteiger partial charge in [-0.2, -0.15) is 0 Å². The van der Waals surface area contributed by atoms with Crippen LogP contribution in [0.3, 0.4) is 0 Å². The fraction of sp³-hybridized carbons (Fsp3) is 0.417. The second-order valence-electron chi connectivity index (χ2n) is 4.17. The summed E-state index contributed by atoms with van der Waals surface area (Å²) in [7, 11) is 0. The van der Waals surface area contributed by atoms with Crippen molar-refractivity contribution in [1.29, 1.82) is 0 Å². The minimum atomic E-state index is 0.00402. The van der Waals surface area contributed by atoms with Crippen molar-refractivity contribution in [3.63, 3.8) is 0 Å². The molecule has 18 heavy (non-hydrogen) atoms. The Balaban J connectivity index is 2.11. The highest BCUT2D eigenvalue weighted by Crippen LogP contribution is 2.24. The van der Waals surface area contributed by atoms with Crippen molar-refractivity contribution in [1.82, 2.24) is 0 Å². The second kappa shape index (κ2) is 5.93. The second-order valence-corrected chi connectivity index (χ2v) is 4.60. The van der Waals surface area contributed by atoms with Crippen molar-refractivity contribution in [3.8, 4) is 5.75 Å². The zero-order chi connectivity index (χ0) is 13.0. The maximum absolute atomic E-state index is 8.72. The molecule has 1 fully saturated rings. The lowest BCUT2D eigenvalue weighted by molar-refractivity contribution is 0.167. The van der Waals surface area contributed by atoms with E-state index in [0.717, 1.165) is 13.0 Å². The van der Waals surface area contributed by atoms with E-state index in [1.807, 2.05) is 0 Å². The Labute approximate surface area is 110 Å². The van der Waals surface area contributed by atoms with E-state index in [1.165, 1.54) is 0 Å². The third-order valence-electron chi connectivity index (χ3n) is 2.83. The summed E-state index contributed by atoms with van der Waals surface area (Å²) in [6.45, 7) is 2.02. The molecule has 0 amide bonds. The van der Waals surface area contributed by atoms with E-state index in [0.29, 0.717) is 35.5 Å². The smallest absolute Gasteiger partial charge is 0.173 e. The molecule has 0 aromatic heterocycles. The van der Waals surface area contributed by atoms with Gasteiger partial charge in [-0.25, -0.2) is 0 Å². The number of amidine groups is 1. The van der Waals surface area contributed by atoms with Crippen molar-refractivity contribution in [2.75, 3.05) is 19.8 Å². The number of rotatable bonds is 4. The van der Waals surface area contributed by atoms with Crippen LogP contribution in [0.5, 0.6) is 5.75 Å². The number of nitrogens with two attached hydrogens (primary N) is 1. The SMILES string of the molecule is NC(=NO)c1ccc(Cl)cc1OCC1CCOC1. The number of benzene rings is 1. The summed E-state index contributed by atoms with van der Waals surface area (Å²) in [6, 6.07) is 4.99. The number of nitrogens with zero attached hydrogens (tertiary/aromatic N) is 1. The first-order valence-corrected chi connectivity index (χ1v) is 6.06. The minimum absolute atomic E-state index is 0.00402. The number of hydrogen-bond donors (Lipinski definition) is 2. The molecular formula is C12H15ClN2O3. The van der Waals surface area contributed by atoms with Crippen LogP contribution in [0.25, 0.3) is 0 Å². The van der Waals surface area contributed by atoms with Gasteiger partial charge in [-0.1, -0.05) is 16.8 Å². The highest BCUT2D eigenvalue weighted by molar-refractivity contribution is 6.30. The number of ether oxygens (including phenoxy) is 2. The van der Waals surface area contributed by atoms with E-state index in [-0.39, 0.29) is 5.84 Å². The van der Waals surface area contributed by atoms with Crippen molar-refractivity contribution < 1.29 is 14.7 Å². The molecule has 1 heterocycles. The zero-order valence-corrected chi connectivity index (χ0v) is 10.6. The molecule has 1 saturated heterocycles. The van der Waals surface area contributed by atoms with Gasteiger partial charge in [0.25, 0.3) is 0 Å². The molecule has 0 radical (unpaired) electrons. The molecule has 1 atom stereocenters. The lowest BCUT2D eigenvalue weighted by atomic mass is 10.1. The molecule has 3 N–H and O–H groups in total. The third-order valence-corrected chi connectivity index (χ3v) is 3.06. The highest BCUT2D eigenvalue weighted by Gasteiger charge is 2.17. The summed E-state index contributed by atoms with van der Waals surface area (Å²) in [5, 5.41) is 12.2. The van der Waals surface area contributed by atoms with Gasteiger partial charge in [-0.3, -0.25) is 0 Å². The lowest BCUT2D eigenvalue weighted by Crippen LogP contribution is -2.17. The van der Waals surface area contributed by atoms with Gasteiger partial charge in [0.05, 0.1) is 18.8 Å². The van der Waals surface area contributed by atoms with E-state index < -0.39 is 0 Å². The molecule has 5 nitrogen and oxygen atoms in total. The zero-order valence-electron chi connectivity index (χ0n) is 9.80. The van der Waals surface area contributed by atoms with Crippen LogP contribution in [-0.4, -0.2) is 30.9 Å². The fourth-order valence-electron chi connectivity index (χ4n) is 1.80. The molecule has 1 aliphatic rings. The van der Waals surface area contributed by atoms with Gasteiger partial charge in [-0.15, -0.1) is 0 Å². The summed E-state index contributed by atoms with van der Waals surface area (Å²) in [6.07, 6.45) is 0.986. The first-order chi connectivity index (χ1) is 8.70. The molecule has 1 aromatic carbocycles. The van der Waals surface area contributed by atoms with Gasteiger partial charge >= 0.3 is 0 Å². The Morgan fingerprint density at radius 3 is 3.11 bits per heavy atom. The molecule has 1 unspecified atom stereocenters. The largest absolute Gasteiger partial charge is 0.492 e. The van der Waals surface area contributed by atoms with Gasteiger partial charge < -0.3 is 20.4 Å². The molecule has 0 saturated carbocycles. The minimum Gasteiger partial charge on any atom is -0.492 e. The van der Waals surface area contributed by atoms with Crippen molar-refractivity contribution in [3.05, 3.63) is 28.8 Å². The average molecular weight is 271 g/mol. The Bertz CT molecular complexity index is 445. The Morgan fingerprint density at radius 2 is 2.44 bits per heavy atom. The Morgan fingerprint density at radius 1 is 1.61 bits per heavy atom. The molecule has 98 valence electrons. The first-order valence-electron chi connectivity index (χ1n) is 5.68. The van der Waals surface area contributed by atoms with E-state index in [2.05, 4.69) is 5.16 Å². The normalized spacial score (nSPS) is 20.1. The summed E-state index contributed by atoms with van der Waals surface area (Å²) in [5.41, 5.74) is 6.11. The lowest BCUT2D eigenvalue weighted by Gasteiger charge is -2.13. The van der Waals surface area contributed by atoms with Crippen molar-refractivity contribution in [2.24, 2.45) is 16.8 Å². The summed E-state index contributed by atoms with van der Waals surface area (Å²) < 4.78 is 11.0. The maximum Gasteiger partial charge on any atom is 0.173 e. The molecule has 0 spiro atoms. The van der Waals surface area contributed by atoms with Gasteiger partial charge in [0, 0.05) is 17.5 Å².